The zero-order chi connectivity index (χ0) is 16.0. The highest BCUT2D eigenvalue weighted by atomic mass is 79.9. The molecule has 1 amide bonds. The number of carbonyl (C=O) groups excluding carboxylic acids is 1. The normalized spacial score (nSPS) is 17.0. The van der Waals surface area contributed by atoms with E-state index in [0.29, 0.717) is 5.56 Å². The summed E-state index contributed by atoms with van der Waals surface area (Å²) in [5, 5.41) is 5.05. The molecule has 0 radical (unpaired) electrons. The predicted octanol–water partition coefficient (Wildman–Crippen LogP) is 5.22. The Morgan fingerprint density at radius 3 is 2.78 bits per heavy atom. The van der Waals surface area contributed by atoms with Crippen LogP contribution in [0.15, 0.2) is 59.1 Å². The summed E-state index contributed by atoms with van der Waals surface area (Å²) in [4.78, 5) is 12.1. The summed E-state index contributed by atoms with van der Waals surface area (Å²) in [5.74, 6) is -0.661. The Hall–Kier alpha value is -2.20. The number of amides is 1. The highest BCUT2D eigenvalue weighted by molar-refractivity contribution is 9.10. The number of rotatable bonds is 1. The van der Waals surface area contributed by atoms with Crippen LogP contribution < -0.4 is 5.32 Å². The summed E-state index contributed by atoms with van der Waals surface area (Å²) in [6.45, 7) is 0. The van der Waals surface area contributed by atoms with Gasteiger partial charge in [-0.3, -0.25) is 4.79 Å². The van der Waals surface area contributed by atoms with Gasteiger partial charge in [-0.15, -0.1) is 0 Å². The molecular weight excluding hydrogens is 357 g/mol. The topological polar surface area (TPSA) is 29.1 Å². The highest BCUT2D eigenvalue weighted by Crippen LogP contribution is 2.42. The Bertz CT molecular complexity index is 938. The molecule has 0 aromatic heterocycles. The second kappa shape index (κ2) is 5.46. The van der Waals surface area contributed by atoms with Crippen molar-refractivity contribution < 1.29 is 9.18 Å². The van der Waals surface area contributed by atoms with Gasteiger partial charge >= 0.3 is 0 Å². The van der Waals surface area contributed by atoms with Gasteiger partial charge in [0.15, 0.2) is 0 Å². The first-order valence-corrected chi connectivity index (χ1v) is 8.19. The Labute approximate surface area is 141 Å². The van der Waals surface area contributed by atoms with Crippen LogP contribution in [0, 0.1) is 5.82 Å². The predicted molar refractivity (Wildman–Crippen MR) is 93.1 cm³/mol. The molecule has 1 aliphatic heterocycles. The van der Waals surface area contributed by atoms with Crippen LogP contribution in [0.3, 0.4) is 0 Å². The van der Waals surface area contributed by atoms with E-state index >= 15 is 0 Å². The molecule has 1 heterocycles. The molecule has 0 spiro atoms. The monoisotopic (exact) mass is 369 g/mol. The highest BCUT2D eigenvalue weighted by Gasteiger charge is 2.30. The molecule has 0 saturated carbocycles. The van der Waals surface area contributed by atoms with Crippen LogP contribution in [0.1, 0.15) is 23.5 Å². The van der Waals surface area contributed by atoms with Gasteiger partial charge in [-0.2, -0.15) is 0 Å². The minimum Gasteiger partial charge on any atom is -0.326 e. The maximum absolute atomic E-state index is 14.4. The molecule has 0 unspecified atom stereocenters. The molecule has 4 rings (SSSR count). The summed E-state index contributed by atoms with van der Waals surface area (Å²) in [5.41, 5.74) is 2.30. The Morgan fingerprint density at radius 2 is 1.91 bits per heavy atom. The molecule has 114 valence electrons. The minimum absolute atomic E-state index is 0.0860. The molecule has 23 heavy (non-hydrogen) atoms. The van der Waals surface area contributed by atoms with Gasteiger partial charge in [0.2, 0.25) is 5.91 Å². The first-order chi connectivity index (χ1) is 11.1. The van der Waals surface area contributed by atoms with Crippen molar-refractivity contribution in [1.29, 1.82) is 0 Å². The van der Waals surface area contributed by atoms with Gasteiger partial charge < -0.3 is 5.32 Å². The van der Waals surface area contributed by atoms with Crippen molar-refractivity contribution in [3.8, 4) is 0 Å². The fourth-order valence-electron chi connectivity index (χ4n) is 3.32. The lowest BCUT2D eigenvalue weighted by atomic mass is 9.82. The summed E-state index contributed by atoms with van der Waals surface area (Å²) < 4.78 is 15.2. The van der Waals surface area contributed by atoms with Crippen LogP contribution in [0.5, 0.6) is 0 Å². The minimum atomic E-state index is -0.289. The van der Waals surface area contributed by atoms with Crippen molar-refractivity contribution in [3.63, 3.8) is 0 Å². The quantitative estimate of drug-likeness (QED) is 0.626. The zero-order valence-electron chi connectivity index (χ0n) is 12.1. The number of hydrogen-bond acceptors (Lipinski definition) is 1. The van der Waals surface area contributed by atoms with Crippen LogP contribution in [0.25, 0.3) is 10.8 Å². The lowest BCUT2D eigenvalue weighted by Crippen LogP contribution is -2.24. The molecular formula is C19H13BrFNO. The van der Waals surface area contributed by atoms with Gasteiger partial charge in [0.25, 0.3) is 0 Å². The lowest BCUT2D eigenvalue weighted by Gasteiger charge is -2.28. The molecule has 2 nitrogen and oxygen atoms in total. The molecule has 1 N–H and O–H groups in total. The number of carbonyl (C=O) groups is 1. The van der Waals surface area contributed by atoms with Crippen LogP contribution >= 0.6 is 15.9 Å². The van der Waals surface area contributed by atoms with E-state index in [2.05, 4.69) is 21.2 Å². The van der Waals surface area contributed by atoms with E-state index in [9.17, 15) is 9.18 Å². The average molecular weight is 370 g/mol. The Kier molecular flexibility index (Phi) is 3.42. The standard InChI is InChI=1S/C19H13BrFNO/c20-12-6-7-16(21)14(9-12)15-10-18(23)22-17-8-5-11-3-1-2-4-13(11)19(15)17/h1-9,15H,10H2,(H,22,23)/t15-/m0/s1. The molecule has 0 bridgehead atoms. The fraction of sp³-hybridized carbons (Fsp3) is 0.105. The average Bonchev–Trinajstić information content (AvgIpc) is 2.56. The fourth-order valence-corrected chi connectivity index (χ4v) is 3.69. The van der Waals surface area contributed by atoms with Gasteiger partial charge in [0.05, 0.1) is 0 Å². The second-order valence-electron chi connectivity index (χ2n) is 5.72. The molecule has 4 heteroatoms. The maximum atomic E-state index is 14.4. The third-order valence-corrected chi connectivity index (χ3v) is 4.81. The summed E-state index contributed by atoms with van der Waals surface area (Å²) in [6, 6.07) is 16.8. The van der Waals surface area contributed by atoms with E-state index in [1.165, 1.54) is 6.07 Å². The number of benzene rings is 3. The number of fused-ring (bicyclic) bond motifs is 3. The van der Waals surface area contributed by atoms with Gasteiger partial charge in [-0.05, 0) is 46.2 Å². The number of anilines is 1. The van der Waals surface area contributed by atoms with Crippen molar-refractivity contribution in [2.24, 2.45) is 0 Å². The lowest BCUT2D eigenvalue weighted by molar-refractivity contribution is -0.116. The number of hydrogen-bond donors (Lipinski definition) is 1. The van der Waals surface area contributed by atoms with Crippen molar-refractivity contribution in [3.05, 3.63) is 76.0 Å². The Balaban J connectivity index is 2.01. The molecule has 3 aromatic carbocycles. The largest absolute Gasteiger partial charge is 0.326 e. The smallest absolute Gasteiger partial charge is 0.225 e. The maximum Gasteiger partial charge on any atom is 0.225 e. The number of halogens is 2. The summed E-state index contributed by atoms with van der Waals surface area (Å²) >= 11 is 3.40. The molecule has 0 aliphatic carbocycles. The molecule has 3 aromatic rings. The van der Waals surface area contributed by atoms with Crippen LogP contribution in [-0.2, 0) is 4.79 Å². The first-order valence-electron chi connectivity index (χ1n) is 7.40. The van der Waals surface area contributed by atoms with Gasteiger partial charge in [0, 0.05) is 22.5 Å². The van der Waals surface area contributed by atoms with E-state index in [1.54, 1.807) is 12.1 Å². The first kappa shape index (κ1) is 14.4. The molecule has 1 aliphatic rings. The third kappa shape index (κ3) is 2.43. The molecule has 1 atom stereocenters. The Morgan fingerprint density at radius 1 is 1.09 bits per heavy atom. The van der Waals surface area contributed by atoms with E-state index in [-0.39, 0.29) is 24.1 Å². The molecule has 0 saturated heterocycles. The van der Waals surface area contributed by atoms with Gasteiger partial charge in [-0.1, -0.05) is 46.3 Å². The van der Waals surface area contributed by atoms with Gasteiger partial charge in [0.1, 0.15) is 5.82 Å². The van der Waals surface area contributed by atoms with Crippen molar-refractivity contribution in [2.75, 3.05) is 5.32 Å². The van der Waals surface area contributed by atoms with Crippen molar-refractivity contribution in [1.82, 2.24) is 0 Å². The zero-order valence-corrected chi connectivity index (χ0v) is 13.7. The summed E-state index contributed by atoms with van der Waals surface area (Å²) in [7, 11) is 0. The van der Waals surface area contributed by atoms with E-state index in [4.69, 9.17) is 0 Å². The second-order valence-corrected chi connectivity index (χ2v) is 6.63. The van der Waals surface area contributed by atoms with Crippen LogP contribution in [-0.4, -0.2) is 5.91 Å². The van der Waals surface area contributed by atoms with Crippen molar-refractivity contribution >= 4 is 38.3 Å². The van der Waals surface area contributed by atoms with Gasteiger partial charge in [-0.25, -0.2) is 4.39 Å². The van der Waals surface area contributed by atoms with Crippen LogP contribution in [0.2, 0.25) is 0 Å². The van der Waals surface area contributed by atoms with Crippen LogP contribution in [0.4, 0.5) is 10.1 Å². The molecule has 0 fully saturated rings. The SMILES string of the molecule is O=C1C[C@@H](c2cc(Br)ccc2F)c2c(ccc3ccccc23)N1. The third-order valence-electron chi connectivity index (χ3n) is 4.32. The summed E-state index contributed by atoms with van der Waals surface area (Å²) in [6.07, 6.45) is 0.244. The van der Waals surface area contributed by atoms with E-state index < -0.39 is 0 Å². The number of nitrogens with one attached hydrogen (secondary N) is 1. The van der Waals surface area contributed by atoms with E-state index in [0.717, 1.165) is 26.5 Å². The van der Waals surface area contributed by atoms with Crippen molar-refractivity contribution in [2.45, 2.75) is 12.3 Å². The van der Waals surface area contributed by atoms with E-state index in [1.807, 2.05) is 36.4 Å².